The van der Waals surface area contributed by atoms with Gasteiger partial charge in [-0.1, -0.05) is 136 Å². The lowest BCUT2D eigenvalue weighted by Gasteiger charge is -2.48. The van der Waals surface area contributed by atoms with E-state index in [-0.39, 0.29) is 16.2 Å². The minimum absolute atomic E-state index is 0.0831. The van der Waals surface area contributed by atoms with Crippen molar-refractivity contribution in [3.63, 3.8) is 0 Å². The monoisotopic (exact) mass is 556 g/mol. The molecule has 0 aromatic heterocycles. The van der Waals surface area contributed by atoms with Gasteiger partial charge in [-0.15, -0.1) is 0 Å². The lowest BCUT2D eigenvalue weighted by Crippen LogP contribution is -2.44. The lowest BCUT2D eigenvalue weighted by molar-refractivity contribution is 0.293. The summed E-state index contributed by atoms with van der Waals surface area (Å²) in [5.41, 5.74) is 13.2. The number of rotatable bonds is 4. The Morgan fingerprint density at radius 1 is 0.558 bits per heavy atom. The molecule has 0 fully saturated rings. The molecule has 43 heavy (non-hydrogen) atoms. The summed E-state index contributed by atoms with van der Waals surface area (Å²) in [5, 5.41) is 1.87. The van der Waals surface area contributed by atoms with E-state index in [0.717, 1.165) is 17.8 Å². The first-order chi connectivity index (χ1) is 20.9. The molecule has 5 aromatic carbocycles. The summed E-state index contributed by atoms with van der Waals surface area (Å²) in [6, 6.07) is 42.3. The molecule has 0 bridgehead atoms. The highest BCUT2D eigenvalue weighted by Crippen LogP contribution is 2.63. The van der Waals surface area contributed by atoms with E-state index >= 15 is 0 Å². The molecule has 0 radical (unpaired) electrons. The quantitative estimate of drug-likeness (QED) is 0.176. The molecule has 0 heterocycles. The highest BCUT2D eigenvalue weighted by Gasteiger charge is 2.55. The molecule has 5 aromatic rings. The predicted octanol–water partition coefficient (Wildman–Crippen LogP) is 9.84. The fourth-order valence-corrected chi connectivity index (χ4v) is 8.36. The molecule has 0 spiro atoms. The van der Waals surface area contributed by atoms with Crippen LogP contribution in [0.15, 0.2) is 140 Å². The van der Waals surface area contributed by atoms with Gasteiger partial charge in [0.05, 0.1) is 16.8 Å². The molecule has 2 atom stereocenters. The highest BCUT2D eigenvalue weighted by atomic mass is 15.4. The van der Waals surface area contributed by atoms with Gasteiger partial charge in [0.1, 0.15) is 0 Å². The third-order valence-electron chi connectivity index (χ3n) is 10.5. The number of allylic oxidation sites excluding steroid dienone is 4. The highest BCUT2D eigenvalue weighted by molar-refractivity contribution is 5.87. The molecule has 2 N–H and O–H groups in total. The number of nitrogens with zero attached hydrogens (tertiary/aromatic N) is 1. The van der Waals surface area contributed by atoms with Crippen LogP contribution < -0.4 is 10.9 Å². The molecular weight excluding hydrogens is 520 g/mol. The van der Waals surface area contributed by atoms with Crippen molar-refractivity contribution in [2.75, 3.05) is 5.01 Å². The Kier molecular flexibility index (Phi) is 5.54. The zero-order valence-corrected chi connectivity index (χ0v) is 25.0. The second-order valence-electron chi connectivity index (χ2n) is 13.1. The second-order valence-corrected chi connectivity index (χ2v) is 13.1. The maximum Gasteiger partial charge on any atom is 0.0578 e. The molecular formula is C41H36N2. The van der Waals surface area contributed by atoms with Gasteiger partial charge in [0.2, 0.25) is 0 Å². The Hall–Kier alpha value is -4.66. The van der Waals surface area contributed by atoms with Crippen LogP contribution in [0.25, 0.3) is 22.3 Å². The van der Waals surface area contributed by atoms with Gasteiger partial charge in [0.25, 0.3) is 0 Å². The van der Waals surface area contributed by atoms with E-state index in [4.69, 9.17) is 5.84 Å². The van der Waals surface area contributed by atoms with Crippen LogP contribution in [-0.2, 0) is 10.8 Å². The minimum atomic E-state index is -0.375. The van der Waals surface area contributed by atoms with Crippen molar-refractivity contribution in [1.29, 1.82) is 0 Å². The van der Waals surface area contributed by atoms with Crippen LogP contribution in [0.5, 0.6) is 0 Å². The Bertz CT molecular complexity index is 1960. The zero-order chi connectivity index (χ0) is 29.4. The first kappa shape index (κ1) is 26.0. The van der Waals surface area contributed by atoms with E-state index in [1.807, 2.05) is 5.01 Å². The molecule has 0 aliphatic heterocycles. The average molecular weight is 557 g/mol. The summed E-state index contributed by atoms with van der Waals surface area (Å²) in [6.07, 6.45) is 10.1. The number of benzene rings is 5. The van der Waals surface area contributed by atoms with Crippen LogP contribution in [0, 0.1) is 5.41 Å². The lowest BCUT2D eigenvalue weighted by atomic mass is 9.54. The van der Waals surface area contributed by atoms with Gasteiger partial charge in [-0.05, 0) is 80.8 Å². The predicted molar refractivity (Wildman–Crippen MR) is 180 cm³/mol. The third kappa shape index (κ3) is 3.45. The number of fused-ring (bicyclic) bond motifs is 6. The van der Waals surface area contributed by atoms with Gasteiger partial charge < -0.3 is 0 Å². The molecule has 8 rings (SSSR count). The largest absolute Gasteiger partial charge is 0.280 e. The van der Waals surface area contributed by atoms with Crippen molar-refractivity contribution in [1.82, 2.24) is 0 Å². The van der Waals surface area contributed by atoms with Gasteiger partial charge >= 0.3 is 0 Å². The van der Waals surface area contributed by atoms with E-state index in [2.05, 4.69) is 160 Å². The summed E-state index contributed by atoms with van der Waals surface area (Å²) in [7, 11) is 0. The second kappa shape index (κ2) is 9.17. The van der Waals surface area contributed by atoms with Crippen molar-refractivity contribution in [3.05, 3.63) is 167 Å². The molecule has 2 unspecified atom stereocenters. The van der Waals surface area contributed by atoms with Crippen molar-refractivity contribution in [3.8, 4) is 22.3 Å². The number of hydrogen-bond acceptors (Lipinski definition) is 2. The molecule has 0 amide bonds. The Balaban J connectivity index is 1.32. The topological polar surface area (TPSA) is 29.3 Å². The first-order valence-corrected chi connectivity index (χ1v) is 15.3. The summed E-state index contributed by atoms with van der Waals surface area (Å²) < 4.78 is 0. The number of nitrogens with two attached hydrogens (primary N) is 1. The van der Waals surface area contributed by atoms with E-state index in [1.54, 1.807) is 0 Å². The molecule has 210 valence electrons. The number of hydrogen-bond donors (Lipinski definition) is 1. The van der Waals surface area contributed by atoms with E-state index in [0.29, 0.717) is 0 Å². The Labute approximate surface area is 254 Å². The van der Waals surface area contributed by atoms with Crippen LogP contribution in [0.4, 0.5) is 11.4 Å². The third-order valence-corrected chi connectivity index (χ3v) is 10.5. The summed E-state index contributed by atoms with van der Waals surface area (Å²) in [4.78, 5) is 0. The van der Waals surface area contributed by atoms with Crippen LogP contribution in [0.1, 0.15) is 55.0 Å². The Morgan fingerprint density at radius 3 is 1.79 bits per heavy atom. The molecule has 3 aliphatic carbocycles. The SMILES string of the molecule is CC1(C)c2ccccc2-c2ccc(N(N)c3ccc4c(c3)C(c3ccccc3)(C3(C)C=CC=CC3)c3ccccc3-4)cc21. The van der Waals surface area contributed by atoms with Crippen LogP contribution in [-0.4, -0.2) is 0 Å². The first-order valence-electron chi connectivity index (χ1n) is 15.3. The molecule has 2 heteroatoms. The fraction of sp³-hybridized carbons (Fsp3) is 0.171. The van der Waals surface area contributed by atoms with E-state index < -0.39 is 0 Å². The zero-order valence-electron chi connectivity index (χ0n) is 25.0. The van der Waals surface area contributed by atoms with Gasteiger partial charge in [0.15, 0.2) is 0 Å². The summed E-state index contributed by atoms with van der Waals surface area (Å²) in [5.74, 6) is 7.05. The van der Waals surface area contributed by atoms with Gasteiger partial charge in [0, 0.05) is 10.8 Å². The Morgan fingerprint density at radius 2 is 1.12 bits per heavy atom. The summed E-state index contributed by atoms with van der Waals surface area (Å²) >= 11 is 0. The smallest absolute Gasteiger partial charge is 0.0578 e. The molecule has 0 saturated carbocycles. The van der Waals surface area contributed by atoms with Crippen molar-refractivity contribution < 1.29 is 0 Å². The van der Waals surface area contributed by atoms with Gasteiger partial charge in [-0.25, -0.2) is 5.84 Å². The average Bonchev–Trinajstić information content (AvgIpc) is 3.48. The van der Waals surface area contributed by atoms with Crippen LogP contribution in [0.2, 0.25) is 0 Å². The summed E-state index contributed by atoms with van der Waals surface area (Å²) in [6.45, 7) is 7.05. The van der Waals surface area contributed by atoms with E-state index in [9.17, 15) is 0 Å². The van der Waals surface area contributed by atoms with Crippen molar-refractivity contribution in [2.45, 2.75) is 38.0 Å². The minimum Gasteiger partial charge on any atom is -0.280 e. The number of anilines is 2. The molecule has 3 aliphatic rings. The van der Waals surface area contributed by atoms with E-state index in [1.165, 1.54) is 50.1 Å². The standard InChI is InChI=1S/C41H36N2/c1-39(2)35-18-10-8-16-31(35)33-22-20-29(26-37(33)39)43(42)30-21-23-34-32-17-9-11-19-36(32)41(38(34)27-30,28-14-6-4-7-15-28)40(3)24-12-5-13-25-40/h4-24,26-27H,25,42H2,1-3H3. The van der Waals surface area contributed by atoms with Crippen LogP contribution >= 0.6 is 0 Å². The number of hydrazine groups is 1. The van der Waals surface area contributed by atoms with Gasteiger partial charge in [-0.3, -0.25) is 5.01 Å². The van der Waals surface area contributed by atoms with Crippen molar-refractivity contribution >= 4 is 11.4 Å². The molecule has 0 saturated heterocycles. The maximum absolute atomic E-state index is 7.05. The van der Waals surface area contributed by atoms with Gasteiger partial charge in [-0.2, -0.15) is 0 Å². The fourth-order valence-electron chi connectivity index (χ4n) is 8.36. The maximum atomic E-state index is 7.05. The molecule has 2 nitrogen and oxygen atoms in total. The normalized spacial score (nSPS) is 22.0. The van der Waals surface area contributed by atoms with Crippen molar-refractivity contribution in [2.24, 2.45) is 11.3 Å². The van der Waals surface area contributed by atoms with Crippen LogP contribution in [0.3, 0.4) is 0 Å².